The van der Waals surface area contributed by atoms with Crippen LogP contribution in [0.1, 0.15) is 28.2 Å². The number of piperazine rings is 1. The summed E-state index contributed by atoms with van der Waals surface area (Å²) < 4.78 is 2.11. The van der Waals surface area contributed by atoms with Crippen molar-refractivity contribution in [3.8, 4) is 5.69 Å². The van der Waals surface area contributed by atoms with E-state index in [1.165, 1.54) is 0 Å². The van der Waals surface area contributed by atoms with Gasteiger partial charge in [-0.15, -0.1) is 12.4 Å². The fourth-order valence-corrected chi connectivity index (χ4v) is 4.62. The molecule has 1 atom stereocenters. The number of hydrogen-bond donors (Lipinski definition) is 1. The average Bonchev–Trinajstić information content (AvgIpc) is 3.27. The number of amides is 1. The monoisotopic (exact) mass is 422 g/mol. The Kier molecular flexibility index (Phi) is 6.71. The van der Waals surface area contributed by atoms with Crippen molar-refractivity contribution in [1.29, 1.82) is 0 Å². The van der Waals surface area contributed by atoms with Crippen LogP contribution in [0.25, 0.3) is 5.69 Å². The molecule has 1 unspecified atom stereocenters. The largest absolute Gasteiger partial charge is 0.337 e. The summed E-state index contributed by atoms with van der Waals surface area (Å²) in [6.07, 6.45) is 1.07. The molecular formula is C21H28Cl2N4O. The molecule has 2 aliphatic rings. The van der Waals surface area contributed by atoms with E-state index in [-0.39, 0.29) is 18.3 Å². The number of carbonyl (C=O) groups excluding carboxylic acids is 1. The normalized spacial score (nSPS) is 20.2. The van der Waals surface area contributed by atoms with E-state index in [1.807, 2.05) is 49.1 Å². The summed E-state index contributed by atoms with van der Waals surface area (Å²) in [6, 6.07) is 10.3. The molecule has 0 aliphatic carbocycles. The lowest BCUT2D eigenvalue weighted by Crippen LogP contribution is -2.49. The molecule has 1 aromatic carbocycles. The minimum absolute atomic E-state index is 0. The third-order valence-corrected chi connectivity index (χ3v) is 6.08. The molecule has 2 aromatic rings. The molecule has 2 fully saturated rings. The van der Waals surface area contributed by atoms with Crippen LogP contribution in [0.3, 0.4) is 0 Å². The van der Waals surface area contributed by atoms with Gasteiger partial charge < -0.3 is 14.8 Å². The van der Waals surface area contributed by atoms with E-state index in [2.05, 4.69) is 14.8 Å². The van der Waals surface area contributed by atoms with Gasteiger partial charge in [0.2, 0.25) is 0 Å². The van der Waals surface area contributed by atoms with Gasteiger partial charge >= 0.3 is 0 Å². The van der Waals surface area contributed by atoms with Crippen LogP contribution in [0.15, 0.2) is 30.3 Å². The first kappa shape index (κ1) is 21.2. The van der Waals surface area contributed by atoms with Crippen molar-refractivity contribution in [2.75, 3.05) is 39.3 Å². The van der Waals surface area contributed by atoms with Crippen LogP contribution >= 0.6 is 24.0 Å². The quantitative estimate of drug-likeness (QED) is 0.824. The third-order valence-electron chi connectivity index (χ3n) is 5.85. The maximum Gasteiger partial charge on any atom is 0.255 e. The van der Waals surface area contributed by atoms with Crippen molar-refractivity contribution in [3.05, 3.63) is 52.3 Å². The number of rotatable bonds is 3. The first-order valence-corrected chi connectivity index (χ1v) is 10.1. The smallest absolute Gasteiger partial charge is 0.255 e. The van der Waals surface area contributed by atoms with Crippen LogP contribution in [-0.2, 0) is 0 Å². The molecule has 1 N–H and O–H groups in total. The maximum atomic E-state index is 13.2. The highest BCUT2D eigenvalue weighted by atomic mass is 35.5. The van der Waals surface area contributed by atoms with E-state index in [0.717, 1.165) is 68.3 Å². The van der Waals surface area contributed by atoms with Gasteiger partial charge in [-0.25, -0.2) is 0 Å². The van der Waals surface area contributed by atoms with E-state index in [9.17, 15) is 4.79 Å². The van der Waals surface area contributed by atoms with Crippen molar-refractivity contribution in [1.82, 2.24) is 19.7 Å². The van der Waals surface area contributed by atoms with Crippen molar-refractivity contribution in [2.45, 2.75) is 26.3 Å². The SMILES string of the molecule is Cc1cc(C(=O)N2CCC(N3CCNCC3)C2)c(C)n1-c1cccc(Cl)c1.Cl. The molecule has 5 nitrogen and oxygen atoms in total. The lowest BCUT2D eigenvalue weighted by atomic mass is 10.2. The summed E-state index contributed by atoms with van der Waals surface area (Å²) in [6.45, 7) is 9.99. The number of likely N-dealkylation sites (tertiary alicyclic amines) is 1. The number of carbonyl (C=O) groups is 1. The number of halogens is 2. The molecule has 2 saturated heterocycles. The second kappa shape index (κ2) is 8.87. The molecule has 0 bridgehead atoms. The molecule has 1 aromatic heterocycles. The van der Waals surface area contributed by atoms with Gasteiger partial charge in [0.05, 0.1) is 5.56 Å². The zero-order valence-electron chi connectivity index (χ0n) is 16.4. The zero-order chi connectivity index (χ0) is 19.0. The Morgan fingerprint density at radius 1 is 1.14 bits per heavy atom. The summed E-state index contributed by atoms with van der Waals surface area (Å²) in [5.41, 5.74) is 3.83. The fraction of sp³-hybridized carbons (Fsp3) is 0.476. The highest BCUT2D eigenvalue weighted by molar-refractivity contribution is 6.30. The van der Waals surface area contributed by atoms with Gasteiger partial charge in [-0.1, -0.05) is 17.7 Å². The Balaban J connectivity index is 0.00000225. The van der Waals surface area contributed by atoms with Crippen molar-refractivity contribution in [3.63, 3.8) is 0 Å². The van der Waals surface area contributed by atoms with Crippen LogP contribution < -0.4 is 5.32 Å². The molecule has 3 heterocycles. The average molecular weight is 423 g/mol. The molecule has 28 heavy (non-hydrogen) atoms. The van der Waals surface area contributed by atoms with E-state index in [4.69, 9.17) is 11.6 Å². The van der Waals surface area contributed by atoms with Crippen LogP contribution in [0.5, 0.6) is 0 Å². The summed E-state index contributed by atoms with van der Waals surface area (Å²) in [4.78, 5) is 17.8. The predicted molar refractivity (Wildman–Crippen MR) is 116 cm³/mol. The van der Waals surface area contributed by atoms with E-state index >= 15 is 0 Å². The number of benzene rings is 1. The van der Waals surface area contributed by atoms with E-state index < -0.39 is 0 Å². The van der Waals surface area contributed by atoms with Gasteiger partial charge in [0, 0.05) is 67.4 Å². The highest BCUT2D eigenvalue weighted by Gasteiger charge is 2.32. The summed E-state index contributed by atoms with van der Waals surface area (Å²) in [5, 5.41) is 4.10. The molecular weight excluding hydrogens is 395 g/mol. The molecule has 0 saturated carbocycles. The summed E-state index contributed by atoms with van der Waals surface area (Å²) in [5.74, 6) is 0.147. The van der Waals surface area contributed by atoms with E-state index in [1.54, 1.807) is 0 Å². The standard InChI is InChI=1S/C21H27ClN4O.ClH/c1-15-12-20(16(2)26(15)18-5-3-4-17(22)13-18)21(27)25-9-6-19(14-25)24-10-7-23-8-11-24;/h3-5,12-13,19,23H,6-11,14H2,1-2H3;1H. The topological polar surface area (TPSA) is 40.5 Å². The van der Waals surface area contributed by atoms with Crippen LogP contribution in [0.4, 0.5) is 0 Å². The second-order valence-corrected chi connectivity index (χ2v) is 8.02. The van der Waals surface area contributed by atoms with Crippen LogP contribution in [0.2, 0.25) is 5.02 Å². The Morgan fingerprint density at radius 3 is 2.61 bits per heavy atom. The van der Waals surface area contributed by atoms with Crippen molar-refractivity contribution in [2.24, 2.45) is 0 Å². The minimum Gasteiger partial charge on any atom is -0.337 e. The minimum atomic E-state index is 0. The van der Waals surface area contributed by atoms with Gasteiger partial charge in [-0.05, 0) is 44.5 Å². The van der Waals surface area contributed by atoms with Crippen LogP contribution in [0, 0.1) is 13.8 Å². The number of nitrogens with one attached hydrogen (secondary N) is 1. The molecule has 1 amide bonds. The number of aryl methyl sites for hydroxylation is 1. The van der Waals surface area contributed by atoms with Gasteiger partial charge in [-0.2, -0.15) is 0 Å². The molecule has 152 valence electrons. The van der Waals surface area contributed by atoms with Gasteiger partial charge in [0.15, 0.2) is 0 Å². The Labute approximate surface area is 178 Å². The third kappa shape index (κ3) is 4.08. The summed E-state index contributed by atoms with van der Waals surface area (Å²) >= 11 is 6.16. The zero-order valence-corrected chi connectivity index (χ0v) is 18.0. The van der Waals surface area contributed by atoms with Crippen molar-refractivity contribution >= 4 is 29.9 Å². The van der Waals surface area contributed by atoms with Gasteiger partial charge in [-0.3, -0.25) is 9.69 Å². The molecule has 2 aliphatic heterocycles. The lowest BCUT2D eigenvalue weighted by Gasteiger charge is -2.32. The van der Waals surface area contributed by atoms with Gasteiger partial charge in [0.25, 0.3) is 5.91 Å². The van der Waals surface area contributed by atoms with Crippen LogP contribution in [-0.4, -0.2) is 65.6 Å². The molecule has 7 heteroatoms. The fourth-order valence-electron chi connectivity index (χ4n) is 4.43. The Morgan fingerprint density at radius 2 is 1.89 bits per heavy atom. The predicted octanol–water partition coefficient (Wildman–Crippen LogP) is 3.29. The Hall–Kier alpha value is -1.53. The first-order valence-electron chi connectivity index (χ1n) is 9.73. The molecule has 0 radical (unpaired) electrons. The number of aromatic nitrogens is 1. The van der Waals surface area contributed by atoms with E-state index in [0.29, 0.717) is 11.1 Å². The Bertz CT molecular complexity index is 845. The first-order chi connectivity index (χ1) is 13.0. The summed E-state index contributed by atoms with van der Waals surface area (Å²) in [7, 11) is 0. The number of nitrogens with zero attached hydrogens (tertiary/aromatic N) is 3. The molecule has 0 spiro atoms. The lowest BCUT2D eigenvalue weighted by molar-refractivity contribution is 0.0773. The number of hydrogen-bond acceptors (Lipinski definition) is 3. The van der Waals surface area contributed by atoms with Crippen molar-refractivity contribution < 1.29 is 4.79 Å². The highest BCUT2D eigenvalue weighted by Crippen LogP contribution is 2.26. The molecule has 4 rings (SSSR count). The second-order valence-electron chi connectivity index (χ2n) is 7.58. The maximum absolute atomic E-state index is 13.2. The van der Waals surface area contributed by atoms with Gasteiger partial charge in [0.1, 0.15) is 0 Å².